The van der Waals surface area contributed by atoms with Crippen LogP contribution in [0, 0.1) is 0 Å². The molecule has 0 aliphatic carbocycles. The third-order valence-electron chi connectivity index (χ3n) is 3.28. The Labute approximate surface area is 86.9 Å². The Balaban J connectivity index is 2.72. The van der Waals surface area contributed by atoms with Crippen molar-refractivity contribution < 1.29 is 4.74 Å². The molecule has 0 aromatic carbocycles. The van der Waals surface area contributed by atoms with E-state index in [0.717, 1.165) is 19.4 Å². The van der Waals surface area contributed by atoms with Crippen LogP contribution in [0.2, 0.25) is 0 Å². The maximum Gasteiger partial charge on any atom is 0.0876 e. The molecule has 0 aromatic rings. The summed E-state index contributed by atoms with van der Waals surface area (Å²) >= 11 is 0. The van der Waals surface area contributed by atoms with Crippen LogP contribution in [0.3, 0.4) is 0 Å². The third-order valence-corrected chi connectivity index (χ3v) is 3.28. The molecule has 0 amide bonds. The Kier molecular flexibility index (Phi) is 3.56. The lowest BCUT2D eigenvalue weighted by atomic mass is 9.86. The first-order valence-electron chi connectivity index (χ1n) is 5.20. The predicted octanol–water partition coefficient (Wildman–Crippen LogP) is 1.35. The lowest BCUT2D eigenvalue weighted by Gasteiger charge is -2.39. The Morgan fingerprint density at radius 2 is 2.14 bits per heavy atom. The first-order valence-corrected chi connectivity index (χ1v) is 5.20. The second-order valence-corrected chi connectivity index (χ2v) is 4.69. The molecule has 1 aliphatic heterocycles. The van der Waals surface area contributed by atoms with Crippen LogP contribution in [-0.4, -0.2) is 37.2 Å². The maximum atomic E-state index is 6.24. The molecule has 0 radical (unpaired) electrons. The van der Waals surface area contributed by atoms with E-state index < -0.39 is 0 Å². The van der Waals surface area contributed by atoms with E-state index in [0.29, 0.717) is 0 Å². The van der Waals surface area contributed by atoms with E-state index in [1.807, 2.05) is 6.26 Å². The van der Waals surface area contributed by atoms with Crippen molar-refractivity contribution in [3.05, 3.63) is 11.8 Å². The van der Waals surface area contributed by atoms with Gasteiger partial charge in [-0.15, -0.1) is 0 Å². The summed E-state index contributed by atoms with van der Waals surface area (Å²) in [6, 6.07) is 0.0535. The van der Waals surface area contributed by atoms with Gasteiger partial charge in [-0.1, -0.05) is 0 Å². The number of likely N-dealkylation sites (N-methyl/N-ethyl adjacent to an activating group) is 1. The molecule has 3 heteroatoms. The van der Waals surface area contributed by atoms with Crippen LogP contribution in [0.15, 0.2) is 11.8 Å². The lowest BCUT2D eigenvalue weighted by Crippen LogP contribution is -2.54. The Morgan fingerprint density at radius 3 is 2.57 bits per heavy atom. The lowest BCUT2D eigenvalue weighted by molar-refractivity contribution is 0.158. The number of hydrogen-bond donors (Lipinski definition) is 1. The first-order chi connectivity index (χ1) is 6.46. The SMILES string of the molecule is CN(C)C(C)(C)C(N)C1=COCCC1. The van der Waals surface area contributed by atoms with E-state index in [1.165, 1.54) is 5.57 Å². The topological polar surface area (TPSA) is 38.5 Å². The summed E-state index contributed by atoms with van der Waals surface area (Å²) in [6.45, 7) is 5.15. The molecule has 14 heavy (non-hydrogen) atoms. The van der Waals surface area contributed by atoms with Gasteiger partial charge >= 0.3 is 0 Å². The van der Waals surface area contributed by atoms with Gasteiger partial charge in [0.25, 0.3) is 0 Å². The molecule has 1 heterocycles. The summed E-state index contributed by atoms with van der Waals surface area (Å²) < 4.78 is 5.32. The molecule has 1 aliphatic rings. The van der Waals surface area contributed by atoms with Crippen LogP contribution >= 0.6 is 0 Å². The summed E-state index contributed by atoms with van der Waals surface area (Å²) in [5.41, 5.74) is 7.45. The average molecular weight is 198 g/mol. The van der Waals surface area contributed by atoms with Crippen molar-refractivity contribution in [2.45, 2.75) is 38.3 Å². The highest BCUT2D eigenvalue weighted by Crippen LogP contribution is 2.24. The molecule has 3 nitrogen and oxygen atoms in total. The smallest absolute Gasteiger partial charge is 0.0876 e. The van der Waals surface area contributed by atoms with Gasteiger partial charge in [-0.25, -0.2) is 0 Å². The van der Waals surface area contributed by atoms with Gasteiger partial charge in [0.2, 0.25) is 0 Å². The van der Waals surface area contributed by atoms with Crippen molar-refractivity contribution in [3.8, 4) is 0 Å². The quantitative estimate of drug-likeness (QED) is 0.744. The highest BCUT2D eigenvalue weighted by Gasteiger charge is 2.31. The van der Waals surface area contributed by atoms with Crippen molar-refractivity contribution in [2.24, 2.45) is 5.73 Å². The second kappa shape index (κ2) is 4.32. The Morgan fingerprint density at radius 1 is 1.50 bits per heavy atom. The van der Waals surface area contributed by atoms with Gasteiger partial charge in [0.15, 0.2) is 0 Å². The number of hydrogen-bond acceptors (Lipinski definition) is 3. The molecule has 0 saturated carbocycles. The molecule has 0 aromatic heterocycles. The largest absolute Gasteiger partial charge is 0.501 e. The molecule has 0 saturated heterocycles. The number of ether oxygens (including phenoxy) is 1. The number of rotatable bonds is 3. The Bertz CT molecular complexity index is 221. The minimum Gasteiger partial charge on any atom is -0.501 e. The summed E-state index contributed by atoms with van der Waals surface area (Å²) in [5, 5.41) is 0. The van der Waals surface area contributed by atoms with Crippen LogP contribution in [0.25, 0.3) is 0 Å². The van der Waals surface area contributed by atoms with Crippen LogP contribution in [0.4, 0.5) is 0 Å². The maximum absolute atomic E-state index is 6.24. The van der Waals surface area contributed by atoms with E-state index in [9.17, 15) is 0 Å². The van der Waals surface area contributed by atoms with Crippen LogP contribution in [0.5, 0.6) is 0 Å². The van der Waals surface area contributed by atoms with Crippen molar-refractivity contribution in [1.29, 1.82) is 0 Å². The van der Waals surface area contributed by atoms with Crippen molar-refractivity contribution in [3.63, 3.8) is 0 Å². The van der Waals surface area contributed by atoms with E-state index in [2.05, 4.69) is 32.8 Å². The molecule has 1 atom stereocenters. The van der Waals surface area contributed by atoms with E-state index >= 15 is 0 Å². The zero-order valence-corrected chi connectivity index (χ0v) is 9.71. The average Bonchev–Trinajstić information content (AvgIpc) is 2.17. The molecule has 82 valence electrons. The number of nitrogens with zero attached hydrogens (tertiary/aromatic N) is 1. The summed E-state index contributed by atoms with van der Waals surface area (Å²) in [7, 11) is 4.12. The fourth-order valence-corrected chi connectivity index (χ4v) is 1.55. The van der Waals surface area contributed by atoms with E-state index in [4.69, 9.17) is 10.5 Å². The second-order valence-electron chi connectivity index (χ2n) is 4.69. The van der Waals surface area contributed by atoms with Crippen molar-refractivity contribution in [1.82, 2.24) is 4.90 Å². The van der Waals surface area contributed by atoms with Gasteiger partial charge in [0.1, 0.15) is 0 Å². The molecule has 1 rings (SSSR count). The molecule has 0 spiro atoms. The van der Waals surface area contributed by atoms with Gasteiger partial charge in [-0.2, -0.15) is 0 Å². The summed E-state index contributed by atoms with van der Waals surface area (Å²) in [6.07, 6.45) is 4.00. The standard InChI is InChI=1S/C11H22N2O/c1-11(2,13(3)4)10(12)9-6-5-7-14-8-9/h8,10H,5-7,12H2,1-4H3. The Hall–Kier alpha value is -0.540. The fourth-order valence-electron chi connectivity index (χ4n) is 1.55. The summed E-state index contributed by atoms with van der Waals surface area (Å²) in [5.74, 6) is 0. The highest BCUT2D eigenvalue weighted by atomic mass is 16.5. The monoisotopic (exact) mass is 198 g/mol. The van der Waals surface area contributed by atoms with Crippen molar-refractivity contribution >= 4 is 0 Å². The molecular weight excluding hydrogens is 176 g/mol. The van der Waals surface area contributed by atoms with Gasteiger partial charge in [-0.05, 0) is 46.4 Å². The van der Waals surface area contributed by atoms with E-state index in [-0.39, 0.29) is 11.6 Å². The minimum atomic E-state index is -0.0213. The van der Waals surface area contributed by atoms with Gasteiger partial charge in [0, 0.05) is 11.6 Å². The molecule has 1 unspecified atom stereocenters. The van der Waals surface area contributed by atoms with Gasteiger partial charge in [0.05, 0.1) is 12.9 Å². The molecule has 2 N–H and O–H groups in total. The van der Waals surface area contributed by atoms with Gasteiger partial charge in [-0.3, -0.25) is 0 Å². The molecular formula is C11H22N2O. The first kappa shape index (κ1) is 11.5. The molecule has 0 bridgehead atoms. The highest BCUT2D eigenvalue weighted by molar-refractivity contribution is 5.15. The predicted molar refractivity (Wildman–Crippen MR) is 59.0 cm³/mol. The van der Waals surface area contributed by atoms with Crippen LogP contribution in [-0.2, 0) is 4.74 Å². The van der Waals surface area contributed by atoms with Crippen LogP contribution < -0.4 is 5.73 Å². The fraction of sp³-hybridized carbons (Fsp3) is 0.818. The zero-order valence-electron chi connectivity index (χ0n) is 9.71. The van der Waals surface area contributed by atoms with E-state index in [1.54, 1.807) is 0 Å². The van der Waals surface area contributed by atoms with Gasteiger partial charge < -0.3 is 15.4 Å². The summed E-state index contributed by atoms with van der Waals surface area (Å²) in [4.78, 5) is 2.16. The zero-order chi connectivity index (χ0) is 10.8. The minimum absolute atomic E-state index is 0.0213. The van der Waals surface area contributed by atoms with Crippen LogP contribution in [0.1, 0.15) is 26.7 Å². The normalized spacial score (nSPS) is 20.3. The molecule has 0 fully saturated rings. The number of nitrogens with two attached hydrogens (primary N) is 1. The third kappa shape index (κ3) is 2.28. The van der Waals surface area contributed by atoms with Crippen molar-refractivity contribution in [2.75, 3.05) is 20.7 Å².